The number of aryl methyl sites for hydroxylation is 1. The van der Waals surface area contributed by atoms with Crippen molar-refractivity contribution in [3.05, 3.63) is 23.2 Å². The molecular formula is C12H17NO4S. The number of hydrogen-bond donors (Lipinski definition) is 2. The second-order valence-electron chi connectivity index (χ2n) is 3.86. The Hall–Kier alpha value is -1.43. The molecule has 0 aliphatic heterocycles. The third-order valence-corrected chi connectivity index (χ3v) is 3.11. The minimum Gasteiger partial charge on any atom is -0.478 e. The van der Waals surface area contributed by atoms with E-state index in [0.29, 0.717) is 17.9 Å². The fourth-order valence-electron chi connectivity index (χ4n) is 1.49. The molecule has 0 fully saturated rings. The summed E-state index contributed by atoms with van der Waals surface area (Å²) in [6, 6.07) is 1.44. The van der Waals surface area contributed by atoms with Gasteiger partial charge in [-0.1, -0.05) is 0 Å². The number of hydrogen-bond acceptors (Lipinski definition) is 4. The molecule has 1 rings (SSSR count). The third-order valence-electron chi connectivity index (χ3n) is 2.41. The fraction of sp³-hybridized carbons (Fsp3) is 0.500. The van der Waals surface area contributed by atoms with Gasteiger partial charge in [0.15, 0.2) is 0 Å². The SMILES string of the molecule is CSCCCC(=O)NCc1cc(C(=O)O)c(C)o1. The van der Waals surface area contributed by atoms with Gasteiger partial charge in [-0.2, -0.15) is 11.8 Å². The van der Waals surface area contributed by atoms with E-state index in [9.17, 15) is 9.59 Å². The lowest BCUT2D eigenvalue weighted by molar-refractivity contribution is -0.121. The molecule has 2 N–H and O–H groups in total. The number of nitrogens with one attached hydrogen (secondary N) is 1. The molecule has 0 aliphatic carbocycles. The standard InChI is InChI=1S/C12H17NO4S/c1-8-10(12(15)16)6-9(17-8)7-13-11(14)4-3-5-18-2/h6H,3-5,7H2,1-2H3,(H,13,14)(H,15,16). The molecule has 1 amide bonds. The first-order valence-corrected chi connectivity index (χ1v) is 7.02. The van der Waals surface area contributed by atoms with Crippen molar-refractivity contribution in [2.45, 2.75) is 26.3 Å². The summed E-state index contributed by atoms with van der Waals surface area (Å²) in [4.78, 5) is 22.2. The molecule has 0 saturated carbocycles. The lowest BCUT2D eigenvalue weighted by Crippen LogP contribution is -2.22. The van der Waals surface area contributed by atoms with Crippen molar-refractivity contribution in [2.75, 3.05) is 12.0 Å². The number of rotatable bonds is 7. The van der Waals surface area contributed by atoms with Gasteiger partial charge in [0.2, 0.25) is 5.91 Å². The van der Waals surface area contributed by atoms with Gasteiger partial charge >= 0.3 is 5.97 Å². The van der Waals surface area contributed by atoms with Crippen molar-refractivity contribution in [3.63, 3.8) is 0 Å². The molecule has 1 heterocycles. The monoisotopic (exact) mass is 271 g/mol. The van der Waals surface area contributed by atoms with E-state index >= 15 is 0 Å². The third kappa shape index (κ3) is 4.44. The summed E-state index contributed by atoms with van der Waals surface area (Å²) >= 11 is 1.70. The van der Waals surface area contributed by atoms with E-state index in [1.165, 1.54) is 6.07 Å². The Morgan fingerprint density at radius 1 is 1.50 bits per heavy atom. The lowest BCUT2D eigenvalue weighted by Gasteiger charge is -2.02. The Kier molecular flexibility index (Phi) is 5.77. The van der Waals surface area contributed by atoms with E-state index in [2.05, 4.69) is 5.32 Å². The maximum atomic E-state index is 11.4. The van der Waals surface area contributed by atoms with Crippen LogP contribution in [0.4, 0.5) is 0 Å². The Labute approximate surface area is 110 Å². The topological polar surface area (TPSA) is 79.5 Å². The van der Waals surface area contributed by atoms with E-state index < -0.39 is 5.97 Å². The van der Waals surface area contributed by atoms with Crippen LogP contribution < -0.4 is 5.32 Å². The van der Waals surface area contributed by atoms with Gasteiger partial charge < -0.3 is 14.8 Å². The summed E-state index contributed by atoms with van der Waals surface area (Å²) in [5.74, 6) is 0.706. The van der Waals surface area contributed by atoms with Crippen LogP contribution >= 0.6 is 11.8 Å². The highest BCUT2D eigenvalue weighted by Crippen LogP contribution is 2.14. The second-order valence-corrected chi connectivity index (χ2v) is 4.85. The van der Waals surface area contributed by atoms with Gasteiger partial charge in [-0.25, -0.2) is 4.79 Å². The maximum absolute atomic E-state index is 11.4. The van der Waals surface area contributed by atoms with E-state index in [1.807, 2.05) is 6.26 Å². The molecule has 0 aromatic carbocycles. The molecule has 0 radical (unpaired) electrons. The van der Waals surface area contributed by atoms with Crippen molar-refractivity contribution in [2.24, 2.45) is 0 Å². The average molecular weight is 271 g/mol. The summed E-state index contributed by atoms with van der Waals surface area (Å²) in [6.07, 6.45) is 3.31. The van der Waals surface area contributed by atoms with Crippen molar-refractivity contribution in [3.8, 4) is 0 Å². The van der Waals surface area contributed by atoms with E-state index in [0.717, 1.165) is 12.2 Å². The van der Waals surface area contributed by atoms with Crippen LogP contribution in [-0.4, -0.2) is 29.0 Å². The van der Waals surface area contributed by atoms with Crippen LogP contribution in [0.2, 0.25) is 0 Å². The minimum atomic E-state index is -1.02. The molecule has 0 atom stereocenters. The number of aromatic carboxylic acids is 1. The molecule has 0 bridgehead atoms. The number of thioether (sulfide) groups is 1. The number of carbonyl (C=O) groups is 2. The van der Waals surface area contributed by atoms with E-state index in [-0.39, 0.29) is 18.0 Å². The summed E-state index contributed by atoms with van der Waals surface area (Å²) in [7, 11) is 0. The summed E-state index contributed by atoms with van der Waals surface area (Å²) in [5.41, 5.74) is 0.140. The highest BCUT2D eigenvalue weighted by atomic mass is 32.2. The highest BCUT2D eigenvalue weighted by molar-refractivity contribution is 7.98. The van der Waals surface area contributed by atoms with Crippen molar-refractivity contribution >= 4 is 23.6 Å². The van der Waals surface area contributed by atoms with E-state index in [1.54, 1.807) is 18.7 Å². The summed E-state index contributed by atoms with van der Waals surface area (Å²) in [5, 5.41) is 11.6. The predicted molar refractivity (Wildman–Crippen MR) is 69.9 cm³/mol. The van der Waals surface area contributed by atoms with Gasteiger partial charge in [0.05, 0.1) is 6.54 Å². The first-order valence-electron chi connectivity index (χ1n) is 5.63. The van der Waals surface area contributed by atoms with Gasteiger partial charge in [-0.3, -0.25) is 4.79 Å². The van der Waals surface area contributed by atoms with Gasteiger partial charge in [-0.05, 0) is 31.4 Å². The van der Waals surface area contributed by atoms with Gasteiger partial charge in [0, 0.05) is 6.42 Å². The van der Waals surface area contributed by atoms with Crippen molar-refractivity contribution in [1.82, 2.24) is 5.32 Å². The maximum Gasteiger partial charge on any atom is 0.339 e. The number of furan rings is 1. The zero-order valence-electron chi connectivity index (χ0n) is 10.5. The smallest absolute Gasteiger partial charge is 0.339 e. The second kappa shape index (κ2) is 7.10. The molecule has 1 aromatic heterocycles. The van der Waals surface area contributed by atoms with E-state index in [4.69, 9.17) is 9.52 Å². The van der Waals surface area contributed by atoms with Crippen LogP contribution in [0.25, 0.3) is 0 Å². The lowest BCUT2D eigenvalue weighted by atomic mass is 10.2. The Bertz CT molecular complexity index is 428. The zero-order valence-corrected chi connectivity index (χ0v) is 11.3. The van der Waals surface area contributed by atoms with Crippen LogP contribution in [0.3, 0.4) is 0 Å². The molecule has 6 heteroatoms. The fourth-order valence-corrected chi connectivity index (χ4v) is 1.93. The number of carboxylic acids is 1. The molecule has 100 valence electrons. The molecule has 0 spiro atoms. The average Bonchev–Trinajstić information content (AvgIpc) is 2.68. The minimum absolute atomic E-state index is 0.0463. The molecule has 5 nitrogen and oxygen atoms in total. The first kappa shape index (κ1) is 14.6. The number of carboxylic acid groups (broad SMARTS) is 1. The number of amides is 1. The Morgan fingerprint density at radius 3 is 2.78 bits per heavy atom. The van der Waals surface area contributed by atoms with Crippen LogP contribution in [0.5, 0.6) is 0 Å². The molecular weight excluding hydrogens is 254 g/mol. The molecule has 0 unspecified atom stereocenters. The van der Waals surface area contributed by atoms with Crippen LogP contribution in [-0.2, 0) is 11.3 Å². The predicted octanol–water partition coefficient (Wildman–Crippen LogP) is 2.05. The molecule has 0 saturated heterocycles. The van der Waals surface area contributed by atoms with Crippen molar-refractivity contribution < 1.29 is 19.1 Å². The summed E-state index contributed by atoms with van der Waals surface area (Å²) in [6.45, 7) is 1.82. The Balaban J connectivity index is 2.41. The first-order chi connectivity index (χ1) is 8.54. The van der Waals surface area contributed by atoms with Gasteiger partial charge in [0.1, 0.15) is 17.1 Å². The zero-order chi connectivity index (χ0) is 13.5. The van der Waals surface area contributed by atoms with Crippen molar-refractivity contribution in [1.29, 1.82) is 0 Å². The van der Waals surface area contributed by atoms with Crippen LogP contribution in [0.15, 0.2) is 10.5 Å². The Morgan fingerprint density at radius 2 is 2.22 bits per heavy atom. The van der Waals surface area contributed by atoms with Crippen LogP contribution in [0, 0.1) is 6.92 Å². The molecule has 1 aromatic rings. The van der Waals surface area contributed by atoms with Gasteiger partial charge in [0.25, 0.3) is 0 Å². The van der Waals surface area contributed by atoms with Crippen LogP contribution in [0.1, 0.15) is 34.7 Å². The molecule has 0 aliphatic rings. The van der Waals surface area contributed by atoms with Gasteiger partial charge in [-0.15, -0.1) is 0 Å². The highest BCUT2D eigenvalue weighted by Gasteiger charge is 2.13. The molecule has 18 heavy (non-hydrogen) atoms. The number of carbonyl (C=O) groups excluding carboxylic acids is 1. The quantitative estimate of drug-likeness (QED) is 0.742. The largest absolute Gasteiger partial charge is 0.478 e. The normalized spacial score (nSPS) is 10.3. The summed E-state index contributed by atoms with van der Waals surface area (Å²) < 4.78 is 5.25.